The van der Waals surface area contributed by atoms with E-state index in [9.17, 15) is 4.79 Å². The molecule has 0 N–H and O–H groups in total. The van der Waals surface area contributed by atoms with Crippen LogP contribution in [0.15, 0.2) is 30.4 Å². The van der Waals surface area contributed by atoms with E-state index in [0.717, 1.165) is 48.6 Å². The lowest BCUT2D eigenvalue weighted by Crippen LogP contribution is -2.37. The average molecular weight is 378 g/mol. The van der Waals surface area contributed by atoms with Gasteiger partial charge in [-0.15, -0.1) is 0 Å². The van der Waals surface area contributed by atoms with Crippen molar-refractivity contribution in [2.24, 2.45) is 0 Å². The number of aryl methyl sites for hydroxylation is 1. The minimum Gasteiger partial charge on any atom is -0.342 e. The van der Waals surface area contributed by atoms with Crippen molar-refractivity contribution in [2.45, 2.75) is 33.1 Å². The number of amides is 1. The standard InChI is InChI=1S/C19H21Cl2N3O/c1-12-6-8-23(9-7-12)19(25)11-16-13(2)22-24(14(16)3)15-4-5-17(20)18(21)10-15/h4-5,10H,1,6-9,11H2,2-3H3. The topological polar surface area (TPSA) is 38.1 Å². The summed E-state index contributed by atoms with van der Waals surface area (Å²) in [5, 5.41) is 5.58. The van der Waals surface area contributed by atoms with Crippen LogP contribution in [-0.2, 0) is 11.2 Å². The lowest BCUT2D eigenvalue weighted by molar-refractivity contribution is -0.130. The first-order valence-electron chi connectivity index (χ1n) is 8.31. The first-order valence-corrected chi connectivity index (χ1v) is 9.07. The zero-order valence-corrected chi connectivity index (χ0v) is 16.0. The molecule has 2 aromatic rings. The number of halogens is 2. The van der Waals surface area contributed by atoms with Gasteiger partial charge in [-0.2, -0.15) is 5.10 Å². The molecule has 1 saturated heterocycles. The Morgan fingerprint density at radius 1 is 1.20 bits per heavy atom. The van der Waals surface area contributed by atoms with Gasteiger partial charge in [0.2, 0.25) is 5.91 Å². The molecule has 0 aliphatic carbocycles. The van der Waals surface area contributed by atoms with Crippen LogP contribution >= 0.6 is 23.2 Å². The quantitative estimate of drug-likeness (QED) is 0.737. The van der Waals surface area contributed by atoms with Crippen LogP contribution in [0.5, 0.6) is 0 Å². The Hall–Kier alpha value is -1.78. The molecular formula is C19H21Cl2N3O. The predicted octanol–water partition coefficient (Wildman–Crippen LogP) is 4.52. The number of carbonyl (C=O) groups excluding carboxylic acids is 1. The molecule has 132 valence electrons. The SMILES string of the molecule is C=C1CCN(C(=O)Cc2c(C)nn(-c3ccc(Cl)c(Cl)c3)c2C)CC1. The molecule has 3 rings (SSSR count). The predicted molar refractivity (Wildman–Crippen MR) is 102 cm³/mol. The molecule has 0 saturated carbocycles. The van der Waals surface area contributed by atoms with E-state index in [2.05, 4.69) is 11.7 Å². The molecular weight excluding hydrogens is 357 g/mol. The molecule has 1 fully saturated rings. The number of rotatable bonds is 3. The second-order valence-corrected chi connectivity index (χ2v) is 7.28. The smallest absolute Gasteiger partial charge is 0.227 e. The van der Waals surface area contributed by atoms with Gasteiger partial charge in [0.1, 0.15) is 0 Å². The van der Waals surface area contributed by atoms with Crippen LogP contribution in [0.1, 0.15) is 29.8 Å². The van der Waals surface area contributed by atoms with Gasteiger partial charge >= 0.3 is 0 Å². The number of aromatic nitrogens is 2. The first kappa shape index (κ1) is 18.0. The van der Waals surface area contributed by atoms with E-state index in [0.29, 0.717) is 16.5 Å². The van der Waals surface area contributed by atoms with Gasteiger partial charge in [-0.1, -0.05) is 35.4 Å². The second-order valence-electron chi connectivity index (χ2n) is 6.47. The monoisotopic (exact) mass is 377 g/mol. The summed E-state index contributed by atoms with van der Waals surface area (Å²) in [5.74, 6) is 0.146. The number of hydrogen-bond acceptors (Lipinski definition) is 2. The number of hydrogen-bond donors (Lipinski definition) is 0. The summed E-state index contributed by atoms with van der Waals surface area (Å²) < 4.78 is 1.82. The Balaban J connectivity index is 1.83. The highest BCUT2D eigenvalue weighted by atomic mass is 35.5. The van der Waals surface area contributed by atoms with Gasteiger partial charge in [0.15, 0.2) is 0 Å². The van der Waals surface area contributed by atoms with Crippen molar-refractivity contribution < 1.29 is 4.79 Å². The minimum atomic E-state index is 0.146. The molecule has 4 nitrogen and oxygen atoms in total. The molecule has 1 aromatic heterocycles. The summed E-state index contributed by atoms with van der Waals surface area (Å²) in [6.45, 7) is 9.43. The molecule has 0 bridgehead atoms. The van der Waals surface area contributed by atoms with Gasteiger partial charge in [-0.3, -0.25) is 4.79 Å². The maximum absolute atomic E-state index is 12.6. The van der Waals surface area contributed by atoms with Gasteiger partial charge in [0.05, 0.1) is 27.8 Å². The van der Waals surface area contributed by atoms with Crippen molar-refractivity contribution >= 4 is 29.1 Å². The molecule has 1 amide bonds. The van der Waals surface area contributed by atoms with E-state index >= 15 is 0 Å². The number of likely N-dealkylation sites (tertiary alicyclic amines) is 1. The lowest BCUT2D eigenvalue weighted by atomic mass is 10.0. The van der Waals surface area contributed by atoms with Crippen molar-refractivity contribution in [2.75, 3.05) is 13.1 Å². The molecule has 1 aromatic carbocycles. The van der Waals surface area contributed by atoms with E-state index in [1.54, 1.807) is 12.1 Å². The molecule has 25 heavy (non-hydrogen) atoms. The molecule has 0 radical (unpaired) electrons. The van der Waals surface area contributed by atoms with Crippen LogP contribution in [0, 0.1) is 13.8 Å². The minimum absolute atomic E-state index is 0.146. The lowest BCUT2D eigenvalue weighted by Gasteiger charge is -2.28. The Labute approximate surface area is 158 Å². The molecule has 0 atom stereocenters. The Kier molecular flexibility index (Phi) is 5.21. The third kappa shape index (κ3) is 3.75. The van der Waals surface area contributed by atoms with Crippen LogP contribution < -0.4 is 0 Å². The number of piperidine rings is 1. The molecule has 2 heterocycles. The van der Waals surface area contributed by atoms with Crippen molar-refractivity contribution in [3.8, 4) is 5.69 Å². The Bertz CT molecular complexity index is 831. The summed E-state index contributed by atoms with van der Waals surface area (Å²) in [5.41, 5.74) is 4.84. The summed E-state index contributed by atoms with van der Waals surface area (Å²) in [6.07, 6.45) is 2.16. The molecule has 0 spiro atoms. The molecule has 1 aliphatic rings. The summed E-state index contributed by atoms with van der Waals surface area (Å²) in [7, 11) is 0. The highest BCUT2D eigenvalue weighted by molar-refractivity contribution is 6.42. The number of benzene rings is 1. The third-order valence-corrected chi connectivity index (χ3v) is 5.48. The average Bonchev–Trinajstić information content (AvgIpc) is 2.86. The maximum Gasteiger partial charge on any atom is 0.227 e. The summed E-state index contributed by atoms with van der Waals surface area (Å²) >= 11 is 12.1. The zero-order valence-electron chi connectivity index (χ0n) is 14.5. The van der Waals surface area contributed by atoms with E-state index in [1.165, 1.54) is 5.57 Å². The summed E-state index contributed by atoms with van der Waals surface area (Å²) in [4.78, 5) is 14.6. The van der Waals surface area contributed by atoms with Crippen LogP contribution in [0.25, 0.3) is 5.69 Å². The molecule has 6 heteroatoms. The van der Waals surface area contributed by atoms with Crippen molar-refractivity contribution in [1.82, 2.24) is 14.7 Å². The second kappa shape index (κ2) is 7.22. The third-order valence-electron chi connectivity index (χ3n) is 4.74. The van der Waals surface area contributed by atoms with Crippen LogP contribution in [0.3, 0.4) is 0 Å². The van der Waals surface area contributed by atoms with Gasteiger partial charge in [-0.05, 0) is 44.9 Å². The highest BCUT2D eigenvalue weighted by Gasteiger charge is 2.22. The van der Waals surface area contributed by atoms with Crippen molar-refractivity contribution in [3.05, 3.63) is 57.3 Å². The van der Waals surface area contributed by atoms with Crippen molar-refractivity contribution in [3.63, 3.8) is 0 Å². The zero-order chi connectivity index (χ0) is 18.1. The van der Waals surface area contributed by atoms with E-state index in [-0.39, 0.29) is 5.91 Å². The fourth-order valence-electron chi connectivity index (χ4n) is 3.13. The van der Waals surface area contributed by atoms with Gasteiger partial charge < -0.3 is 4.90 Å². The number of nitrogens with zero attached hydrogens (tertiary/aromatic N) is 3. The fourth-order valence-corrected chi connectivity index (χ4v) is 3.43. The van der Waals surface area contributed by atoms with Crippen LogP contribution in [-0.4, -0.2) is 33.7 Å². The summed E-state index contributed by atoms with van der Waals surface area (Å²) in [6, 6.07) is 5.40. The van der Waals surface area contributed by atoms with Crippen LogP contribution in [0.4, 0.5) is 0 Å². The van der Waals surface area contributed by atoms with Gasteiger partial charge in [0.25, 0.3) is 0 Å². The Morgan fingerprint density at radius 2 is 1.88 bits per heavy atom. The first-order chi connectivity index (χ1) is 11.9. The number of carbonyl (C=O) groups is 1. The van der Waals surface area contributed by atoms with Crippen molar-refractivity contribution in [1.29, 1.82) is 0 Å². The van der Waals surface area contributed by atoms with Gasteiger partial charge in [-0.25, -0.2) is 4.68 Å². The van der Waals surface area contributed by atoms with Gasteiger partial charge in [0, 0.05) is 24.3 Å². The van der Waals surface area contributed by atoms with Crippen LogP contribution in [0.2, 0.25) is 10.0 Å². The molecule has 0 unspecified atom stereocenters. The van der Waals surface area contributed by atoms with E-state index in [1.807, 2.05) is 29.5 Å². The largest absolute Gasteiger partial charge is 0.342 e. The fraction of sp³-hybridized carbons (Fsp3) is 0.368. The normalized spacial score (nSPS) is 14.9. The Morgan fingerprint density at radius 3 is 2.52 bits per heavy atom. The van der Waals surface area contributed by atoms with E-state index < -0.39 is 0 Å². The maximum atomic E-state index is 12.6. The highest BCUT2D eigenvalue weighted by Crippen LogP contribution is 2.26. The van der Waals surface area contributed by atoms with E-state index in [4.69, 9.17) is 23.2 Å². The molecule has 1 aliphatic heterocycles.